The molecule has 0 unspecified atom stereocenters. The van der Waals surface area contributed by atoms with E-state index in [0.29, 0.717) is 6.42 Å². The number of hydrogen-bond donors (Lipinski definition) is 1. The molecular weight excluding hydrogens is 132 g/mol. The van der Waals surface area contributed by atoms with Gasteiger partial charge in [-0.3, -0.25) is 0 Å². The number of rotatable bonds is 4. The van der Waals surface area contributed by atoms with E-state index in [1.807, 2.05) is 0 Å². The van der Waals surface area contributed by atoms with Gasteiger partial charge < -0.3 is 14.6 Å². The average Bonchev–Trinajstić information content (AvgIpc) is 2.64. The van der Waals surface area contributed by atoms with E-state index in [4.69, 9.17) is 9.47 Å². The lowest BCUT2D eigenvalue weighted by atomic mass is 10.2. The first-order valence-corrected chi connectivity index (χ1v) is 3.48. The standard InChI is InChI=1S/C7H14O3/c1-9-6(10-2)5-7(8)3-4-7/h6,8H,3-5H2,1-2H3. The Morgan fingerprint density at radius 1 is 1.40 bits per heavy atom. The molecule has 1 saturated carbocycles. The highest BCUT2D eigenvalue weighted by atomic mass is 16.7. The smallest absolute Gasteiger partial charge is 0.159 e. The van der Waals surface area contributed by atoms with Crippen molar-refractivity contribution in [2.45, 2.75) is 31.2 Å². The molecule has 1 fully saturated rings. The van der Waals surface area contributed by atoms with Crippen molar-refractivity contribution >= 4 is 0 Å². The second-order valence-corrected chi connectivity index (χ2v) is 2.83. The van der Waals surface area contributed by atoms with Crippen LogP contribution in [0.25, 0.3) is 0 Å². The highest BCUT2D eigenvalue weighted by Crippen LogP contribution is 2.39. The summed E-state index contributed by atoms with van der Waals surface area (Å²) in [5, 5.41) is 9.40. The topological polar surface area (TPSA) is 38.7 Å². The van der Waals surface area contributed by atoms with Crippen molar-refractivity contribution in [3.05, 3.63) is 0 Å². The van der Waals surface area contributed by atoms with E-state index in [9.17, 15) is 5.11 Å². The van der Waals surface area contributed by atoms with Crippen LogP contribution in [0.2, 0.25) is 0 Å². The SMILES string of the molecule is COC(CC1(O)CC1)OC. The highest BCUT2D eigenvalue weighted by Gasteiger charge is 2.42. The fraction of sp³-hybridized carbons (Fsp3) is 1.00. The molecule has 0 spiro atoms. The molecule has 10 heavy (non-hydrogen) atoms. The Hall–Kier alpha value is -0.120. The summed E-state index contributed by atoms with van der Waals surface area (Å²) in [5.74, 6) is 0. The van der Waals surface area contributed by atoms with Crippen LogP contribution in [-0.4, -0.2) is 31.2 Å². The van der Waals surface area contributed by atoms with Gasteiger partial charge in [0, 0.05) is 20.6 Å². The Morgan fingerprint density at radius 3 is 2.20 bits per heavy atom. The minimum absolute atomic E-state index is 0.243. The van der Waals surface area contributed by atoms with E-state index < -0.39 is 5.60 Å². The van der Waals surface area contributed by atoms with Crippen molar-refractivity contribution in [2.24, 2.45) is 0 Å². The monoisotopic (exact) mass is 146 g/mol. The number of hydrogen-bond acceptors (Lipinski definition) is 3. The van der Waals surface area contributed by atoms with Crippen LogP contribution in [0.3, 0.4) is 0 Å². The summed E-state index contributed by atoms with van der Waals surface area (Å²) in [4.78, 5) is 0. The summed E-state index contributed by atoms with van der Waals surface area (Å²) in [5.41, 5.74) is -0.476. The average molecular weight is 146 g/mol. The molecule has 0 aromatic rings. The zero-order valence-electron chi connectivity index (χ0n) is 6.46. The maximum atomic E-state index is 9.40. The predicted molar refractivity (Wildman–Crippen MR) is 36.6 cm³/mol. The zero-order chi connectivity index (χ0) is 7.61. The van der Waals surface area contributed by atoms with Crippen molar-refractivity contribution in [1.29, 1.82) is 0 Å². The Balaban J connectivity index is 2.21. The van der Waals surface area contributed by atoms with E-state index in [0.717, 1.165) is 12.8 Å². The third-order valence-electron chi connectivity index (χ3n) is 1.90. The second-order valence-electron chi connectivity index (χ2n) is 2.83. The van der Waals surface area contributed by atoms with Gasteiger partial charge in [0.05, 0.1) is 5.60 Å². The van der Waals surface area contributed by atoms with E-state index in [-0.39, 0.29) is 6.29 Å². The Kier molecular flexibility index (Phi) is 2.28. The number of ether oxygens (including phenoxy) is 2. The first-order chi connectivity index (χ1) is 4.70. The molecule has 0 aliphatic heterocycles. The van der Waals surface area contributed by atoms with E-state index in [1.165, 1.54) is 0 Å². The van der Waals surface area contributed by atoms with Gasteiger partial charge in [0.15, 0.2) is 6.29 Å². The van der Waals surface area contributed by atoms with Crippen LogP contribution in [0.5, 0.6) is 0 Å². The molecule has 3 nitrogen and oxygen atoms in total. The first-order valence-electron chi connectivity index (χ1n) is 3.48. The second kappa shape index (κ2) is 2.86. The van der Waals surface area contributed by atoms with Crippen molar-refractivity contribution in [1.82, 2.24) is 0 Å². The van der Waals surface area contributed by atoms with Gasteiger partial charge in [-0.2, -0.15) is 0 Å². The molecule has 1 aliphatic carbocycles. The molecule has 0 aromatic carbocycles. The zero-order valence-corrected chi connectivity index (χ0v) is 6.46. The van der Waals surface area contributed by atoms with Crippen LogP contribution in [-0.2, 0) is 9.47 Å². The summed E-state index contributed by atoms with van der Waals surface area (Å²) in [7, 11) is 3.17. The molecule has 0 amide bonds. The van der Waals surface area contributed by atoms with Crippen LogP contribution in [0.4, 0.5) is 0 Å². The van der Waals surface area contributed by atoms with Crippen molar-refractivity contribution in [3.63, 3.8) is 0 Å². The molecule has 0 bridgehead atoms. The summed E-state index contributed by atoms with van der Waals surface area (Å²) in [6.07, 6.45) is 2.12. The molecule has 1 N–H and O–H groups in total. The fourth-order valence-electron chi connectivity index (χ4n) is 0.922. The van der Waals surface area contributed by atoms with Crippen molar-refractivity contribution in [3.8, 4) is 0 Å². The first kappa shape index (κ1) is 7.98. The Labute approximate surface area is 60.9 Å². The predicted octanol–water partition coefficient (Wildman–Crippen LogP) is 0.520. The third kappa shape index (κ3) is 1.94. The van der Waals surface area contributed by atoms with Crippen molar-refractivity contribution in [2.75, 3.05) is 14.2 Å². The minimum Gasteiger partial charge on any atom is -0.390 e. The van der Waals surface area contributed by atoms with Gasteiger partial charge in [-0.1, -0.05) is 0 Å². The van der Waals surface area contributed by atoms with Gasteiger partial charge in [-0.05, 0) is 12.8 Å². The van der Waals surface area contributed by atoms with Gasteiger partial charge in [-0.25, -0.2) is 0 Å². The highest BCUT2D eigenvalue weighted by molar-refractivity contribution is 4.93. The van der Waals surface area contributed by atoms with Crippen LogP contribution >= 0.6 is 0 Å². The maximum Gasteiger partial charge on any atom is 0.159 e. The summed E-state index contributed by atoms with van der Waals surface area (Å²) in [6, 6.07) is 0. The van der Waals surface area contributed by atoms with Gasteiger partial charge in [0.1, 0.15) is 0 Å². The largest absolute Gasteiger partial charge is 0.390 e. The lowest BCUT2D eigenvalue weighted by Gasteiger charge is -2.16. The molecule has 1 rings (SSSR count). The lowest BCUT2D eigenvalue weighted by molar-refractivity contribution is -0.126. The van der Waals surface area contributed by atoms with E-state index in [1.54, 1.807) is 14.2 Å². The van der Waals surface area contributed by atoms with E-state index >= 15 is 0 Å². The van der Waals surface area contributed by atoms with Crippen LogP contribution in [0.1, 0.15) is 19.3 Å². The normalized spacial score (nSPS) is 21.6. The van der Waals surface area contributed by atoms with Gasteiger partial charge >= 0.3 is 0 Å². The molecule has 0 radical (unpaired) electrons. The Morgan fingerprint density at radius 2 is 1.90 bits per heavy atom. The Bertz CT molecular complexity index is 105. The summed E-state index contributed by atoms with van der Waals surface area (Å²) in [6.45, 7) is 0. The molecule has 3 heteroatoms. The summed E-state index contributed by atoms with van der Waals surface area (Å²) < 4.78 is 9.87. The molecule has 60 valence electrons. The minimum atomic E-state index is -0.476. The molecule has 0 saturated heterocycles. The van der Waals surface area contributed by atoms with Gasteiger partial charge in [0.25, 0.3) is 0 Å². The maximum absolute atomic E-state index is 9.40. The number of methoxy groups -OCH3 is 2. The molecule has 1 aliphatic rings. The van der Waals surface area contributed by atoms with E-state index in [2.05, 4.69) is 0 Å². The van der Waals surface area contributed by atoms with Crippen LogP contribution in [0.15, 0.2) is 0 Å². The molecule has 0 aromatic heterocycles. The lowest BCUT2D eigenvalue weighted by Crippen LogP contribution is -2.22. The summed E-state index contributed by atoms with van der Waals surface area (Å²) >= 11 is 0. The quantitative estimate of drug-likeness (QED) is 0.588. The van der Waals surface area contributed by atoms with Crippen LogP contribution in [0, 0.1) is 0 Å². The molecule has 0 heterocycles. The van der Waals surface area contributed by atoms with Gasteiger partial charge in [-0.15, -0.1) is 0 Å². The fourth-order valence-corrected chi connectivity index (χ4v) is 0.922. The van der Waals surface area contributed by atoms with Gasteiger partial charge in [0.2, 0.25) is 0 Å². The van der Waals surface area contributed by atoms with Crippen molar-refractivity contribution < 1.29 is 14.6 Å². The molecular formula is C7H14O3. The third-order valence-corrected chi connectivity index (χ3v) is 1.90. The number of aliphatic hydroxyl groups is 1. The van der Waals surface area contributed by atoms with Crippen LogP contribution < -0.4 is 0 Å². The molecule has 0 atom stereocenters.